The van der Waals surface area contributed by atoms with E-state index in [1.54, 1.807) is 0 Å². The van der Waals surface area contributed by atoms with Crippen molar-refractivity contribution < 1.29 is 14.4 Å². The van der Waals surface area contributed by atoms with Crippen LogP contribution in [0.15, 0.2) is 0 Å². The van der Waals surface area contributed by atoms with Crippen LogP contribution in [-0.2, 0) is 22.4 Å². The van der Waals surface area contributed by atoms with Crippen molar-refractivity contribution in [1.29, 1.82) is 0 Å². The Morgan fingerprint density at radius 2 is 2.07 bits per heavy atom. The van der Waals surface area contributed by atoms with Gasteiger partial charge in [-0.25, -0.2) is 9.78 Å². The first-order chi connectivity index (χ1) is 13.0. The van der Waals surface area contributed by atoms with E-state index in [0.29, 0.717) is 11.6 Å². The van der Waals surface area contributed by atoms with E-state index >= 15 is 0 Å². The lowest BCUT2D eigenvalue weighted by Crippen LogP contribution is -2.54. The largest absolute Gasteiger partial charge is 0.325 e. The maximum Gasteiger partial charge on any atom is 0.325 e. The van der Waals surface area contributed by atoms with Gasteiger partial charge in [0.05, 0.1) is 5.69 Å². The first-order valence-corrected chi connectivity index (χ1v) is 10.7. The zero-order valence-corrected chi connectivity index (χ0v) is 16.5. The summed E-state index contributed by atoms with van der Waals surface area (Å²) in [5.41, 5.74) is 0.256. The van der Waals surface area contributed by atoms with Crippen LogP contribution in [-0.4, -0.2) is 39.8 Å². The summed E-state index contributed by atoms with van der Waals surface area (Å²) in [4.78, 5) is 44.7. The molecule has 2 aliphatic carbocycles. The highest BCUT2D eigenvalue weighted by Crippen LogP contribution is 2.38. The minimum atomic E-state index is -0.825. The van der Waals surface area contributed by atoms with Gasteiger partial charge in [0.15, 0.2) is 5.13 Å². The smallest absolute Gasteiger partial charge is 0.323 e. The third kappa shape index (κ3) is 3.35. The molecular formula is C19H26N4O3S. The fourth-order valence-electron chi connectivity index (χ4n) is 4.52. The number of aryl methyl sites for hydroxylation is 2. The molecule has 1 aromatic rings. The number of fused-ring (bicyclic) bond motifs is 1. The molecule has 146 valence electrons. The minimum absolute atomic E-state index is 0.0883. The summed E-state index contributed by atoms with van der Waals surface area (Å²) in [6.07, 6.45) is 9.02. The molecule has 4 rings (SSSR count). The van der Waals surface area contributed by atoms with Crippen molar-refractivity contribution in [2.45, 2.75) is 70.3 Å². The Balaban J connectivity index is 1.42. The van der Waals surface area contributed by atoms with Gasteiger partial charge in [-0.05, 0) is 44.4 Å². The first-order valence-electron chi connectivity index (χ1n) is 9.92. The highest BCUT2D eigenvalue weighted by Gasteiger charge is 2.55. The molecule has 1 spiro atoms. The van der Waals surface area contributed by atoms with E-state index in [-0.39, 0.29) is 24.3 Å². The molecule has 2 fully saturated rings. The highest BCUT2D eigenvalue weighted by atomic mass is 32.1. The number of urea groups is 1. The van der Waals surface area contributed by atoms with Gasteiger partial charge in [0.2, 0.25) is 5.91 Å². The summed E-state index contributed by atoms with van der Waals surface area (Å²) < 4.78 is 0. The van der Waals surface area contributed by atoms with E-state index in [4.69, 9.17) is 0 Å². The molecule has 1 aliphatic heterocycles. The number of anilines is 1. The number of nitrogens with zero attached hydrogens (tertiary/aromatic N) is 2. The third-order valence-electron chi connectivity index (χ3n) is 6.15. The topological polar surface area (TPSA) is 91.4 Å². The molecule has 2 unspecified atom stereocenters. The minimum Gasteiger partial charge on any atom is -0.323 e. The Bertz CT molecular complexity index is 754. The van der Waals surface area contributed by atoms with Gasteiger partial charge in [0.25, 0.3) is 5.91 Å². The molecule has 2 N–H and O–H groups in total. The number of carbonyl (C=O) groups excluding carboxylic acids is 3. The van der Waals surface area contributed by atoms with Crippen LogP contribution >= 0.6 is 11.3 Å². The Labute approximate surface area is 162 Å². The summed E-state index contributed by atoms with van der Waals surface area (Å²) in [5.74, 6) is -0.543. The number of aromatic nitrogens is 1. The number of thiazole rings is 1. The van der Waals surface area contributed by atoms with Gasteiger partial charge in [0.1, 0.15) is 12.1 Å². The van der Waals surface area contributed by atoms with Gasteiger partial charge in [-0.2, -0.15) is 0 Å². The van der Waals surface area contributed by atoms with Gasteiger partial charge in [-0.3, -0.25) is 14.5 Å². The molecule has 0 aromatic carbocycles. The molecular weight excluding hydrogens is 364 g/mol. The number of rotatable bonds is 3. The number of hydrogen-bond donors (Lipinski definition) is 2. The number of hydrogen-bond acceptors (Lipinski definition) is 5. The van der Waals surface area contributed by atoms with Crippen LogP contribution in [0.1, 0.15) is 62.4 Å². The molecule has 27 heavy (non-hydrogen) atoms. The Kier molecular flexibility index (Phi) is 4.92. The molecule has 2 atom stereocenters. The predicted molar refractivity (Wildman–Crippen MR) is 103 cm³/mol. The van der Waals surface area contributed by atoms with Crippen molar-refractivity contribution in [2.75, 3.05) is 11.9 Å². The second-order valence-electron chi connectivity index (χ2n) is 7.94. The maximum atomic E-state index is 12.9. The van der Waals surface area contributed by atoms with Gasteiger partial charge in [-0.1, -0.05) is 26.2 Å². The summed E-state index contributed by atoms with van der Waals surface area (Å²) in [6, 6.07) is -0.459. The quantitative estimate of drug-likeness (QED) is 0.613. The van der Waals surface area contributed by atoms with Gasteiger partial charge < -0.3 is 10.6 Å². The number of imide groups is 1. The summed E-state index contributed by atoms with van der Waals surface area (Å²) >= 11 is 1.51. The molecule has 1 saturated carbocycles. The van der Waals surface area contributed by atoms with E-state index in [2.05, 4.69) is 15.6 Å². The average Bonchev–Trinajstić information content (AvgIpc) is 3.01. The van der Waals surface area contributed by atoms with E-state index in [1.165, 1.54) is 22.6 Å². The van der Waals surface area contributed by atoms with Crippen LogP contribution in [0.2, 0.25) is 0 Å². The average molecular weight is 391 g/mol. The summed E-state index contributed by atoms with van der Waals surface area (Å²) in [6.45, 7) is 1.74. The fourth-order valence-corrected chi connectivity index (χ4v) is 5.59. The van der Waals surface area contributed by atoms with Crippen LogP contribution in [0.3, 0.4) is 0 Å². The fraction of sp³-hybridized carbons (Fsp3) is 0.684. The lowest BCUT2D eigenvalue weighted by Gasteiger charge is -2.36. The second kappa shape index (κ2) is 7.22. The first kappa shape index (κ1) is 18.4. The lowest BCUT2D eigenvalue weighted by molar-refractivity contribution is -0.136. The third-order valence-corrected chi connectivity index (χ3v) is 7.22. The molecule has 8 heteroatoms. The van der Waals surface area contributed by atoms with Crippen LogP contribution in [0.25, 0.3) is 0 Å². The Hall–Kier alpha value is -1.96. The van der Waals surface area contributed by atoms with Crippen molar-refractivity contribution in [3.63, 3.8) is 0 Å². The summed E-state index contributed by atoms with van der Waals surface area (Å²) in [7, 11) is 0. The molecule has 4 amide bonds. The molecule has 1 saturated heterocycles. The molecule has 3 aliphatic rings. The van der Waals surface area contributed by atoms with E-state index in [0.717, 1.165) is 55.5 Å². The van der Waals surface area contributed by atoms with Crippen molar-refractivity contribution in [3.05, 3.63) is 10.6 Å². The monoisotopic (exact) mass is 390 g/mol. The molecule has 0 bridgehead atoms. The van der Waals surface area contributed by atoms with Crippen molar-refractivity contribution in [3.8, 4) is 0 Å². The second-order valence-corrected chi connectivity index (χ2v) is 9.02. The van der Waals surface area contributed by atoms with Crippen molar-refractivity contribution in [2.24, 2.45) is 5.92 Å². The van der Waals surface area contributed by atoms with E-state index in [1.807, 2.05) is 6.92 Å². The Morgan fingerprint density at radius 1 is 1.26 bits per heavy atom. The van der Waals surface area contributed by atoms with Crippen molar-refractivity contribution >= 4 is 34.3 Å². The van der Waals surface area contributed by atoms with Crippen LogP contribution in [0.5, 0.6) is 0 Å². The maximum absolute atomic E-state index is 12.9. The van der Waals surface area contributed by atoms with Crippen LogP contribution in [0, 0.1) is 5.92 Å². The Morgan fingerprint density at radius 3 is 2.89 bits per heavy atom. The predicted octanol–water partition coefficient (Wildman–Crippen LogP) is 2.85. The van der Waals surface area contributed by atoms with Gasteiger partial charge >= 0.3 is 6.03 Å². The normalized spacial score (nSPS) is 28.0. The van der Waals surface area contributed by atoms with E-state index < -0.39 is 11.6 Å². The SMILES string of the molecule is CC1CCCCC12NC(=O)N(CC(=O)Nc1nc3c(s1)CCCCC3)C2=O. The molecule has 7 nitrogen and oxygen atoms in total. The van der Waals surface area contributed by atoms with Crippen LogP contribution < -0.4 is 10.6 Å². The lowest BCUT2D eigenvalue weighted by atomic mass is 9.73. The van der Waals surface area contributed by atoms with Crippen LogP contribution in [0.4, 0.5) is 9.93 Å². The molecule has 2 heterocycles. The molecule has 1 aromatic heterocycles. The van der Waals surface area contributed by atoms with Gasteiger partial charge in [-0.15, -0.1) is 11.3 Å². The zero-order chi connectivity index (χ0) is 19.0. The number of amides is 4. The number of carbonyl (C=O) groups is 3. The summed E-state index contributed by atoms with van der Waals surface area (Å²) in [5, 5.41) is 6.23. The standard InChI is InChI=1S/C19H26N4O3S/c1-12-7-5-6-10-19(12)16(25)23(18(26)22-19)11-15(24)21-17-20-13-8-3-2-4-9-14(13)27-17/h12H,2-11H2,1H3,(H,22,26)(H,20,21,24). The van der Waals surface area contributed by atoms with Crippen molar-refractivity contribution in [1.82, 2.24) is 15.2 Å². The number of nitrogens with one attached hydrogen (secondary N) is 2. The van der Waals surface area contributed by atoms with E-state index in [9.17, 15) is 14.4 Å². The zero-order valence-electron chi connectivity index (χ0n) is 15.7. The molecule has 0 radical (unpaired) electrons. The highest BCUT2D eigenvalue weighted by molar-refractivity contribution is 7.15. The van der Waals surface area contributed by atoms with Gasteiger partial charge in [0, 0.05) is 4.88 Å².